The number of rotatable bonds is 1. The van der Waals surface area contributed by atoms with Gasteiger partial charge < -0.3 is 10.4 Å². The molecule has 0 spiro atoms. The summed E-state index contributed by atoms with van der Waals surface area (Å²) in [5, 5.41) is 12.5. The maximum atomic E-state index is 9.30. The van der Waals surface area contributed by atoms with Crippen LogP contribution in [0.3, 0.4) is 0 Å². The second-order valence-electron chi connectivity index (χ2n) is 3.13. The highest BCUT2D eigenvalue weighted by molar-refractivity contribution is 4.81. The van der Waals surface area contributed by atoms with Gasteiger partial charge in [0.05, 0.1) is 6.10 Å². The Hall–Kier alpha value is -0.0800. The maximum Gasteiger partial charge on any atom is 0.0707 e. The maximum absolute atomic E-state index is 9.30. The van der Waals surface area contributed by atoms with Crippen molar-refractivity contribution in [1.82, 2.24) is 5.32 Å². The van der Waals surface area contributed by atoms with Gasteiger partial charge in [0.1, 0.15) is 0 Å². The lowest BCUT2D eigenvalue weighted by atomic mass is 9.93. The molecular weight excluding hydrogens is 114 g/mol. The minimum Gasteiger partial charge on any atom is -0.391 e. The van der Waals surface area contributed by atoms with Gasteiger partial charge in [-0.1, -0.05) is 13.8 Å². The van der Waals surface area contributed by atoms with E-state index in [-0.39, 0.29) is 6.10 Å². The summed E-state index contributed by atoms with van der Waals surface area (Å²) in [7, 11) is 0. The van der Waals surface area contributed by atoms with Crippen molar-refractivity contribution in [3.63, 3.8) is 0 Å². The second-order valence-corrected chi connectivity index (χ2v) is 3.13. The van der Waals surface area contributed by atoms with Gasteiger partial charge in [0.2, 0.25) is 0 Å². The number of nitrogens with one attached hydrogen (secondary N) is 1. The van der Waals surface area contributed by atoms with Crippen LogP contribution in [-0.4, -0.2) is 24.3 Å². The van der Waals surface area contributed by atoms with E-state index in [0.29, 0.717) is 11.8 Å². The summed E-state index contributed by atoms with van der Waals surface area (Å²) >= 11 is 0. The molecular formula is C7H15NO. The normalized spacial score (nSPS) is 36.0. The monoisotopic (exact) mass is 129 g/mol. The van der Waals surface area contributed by atoms with E-state index in [1.54, 1.807) is 0 Å². The van der Waals surface area contributed by atoms with Crippen LogP contribution in [0.25, 0.3) is 0 Å². The number of aliphatic hydroxyl groups is 1. The van der Waals surface area contributed by atoms with Gasteiger partial charge in [-0.2, -0.15) is 0 Å². The lowest BCUT2D eigenvalue weighted by Gasteiger charge is -2.16. The van der Waals surface area contributed by atoms with Crippen LogP contribution in [0, 0.1) is 11.8 Å². The van der Waals surface area contributed by atoms with Crippen LogP contribution in [0.1, 0.15) is 13.8 Å². The molecule has 2 heteroatoms. The Balaban J connectivity index is 2.40. The summed E-state index contributed by atoms with van der Waals surface area (Å²) in [4.78, 5) is 0. The Kier molecular flexibility index (Phi) is 2.09. The molecule has 1 saturated heterocycles. The average Bonchev–Trinajstić information content (AvgIpc) is 2.13. The van der Waals surface area contributed by atoms with Gasteiger partial charge in [0, 0.05) is 19.0 Å². The van der Waals surface area contributed by atoms with E-state index in [4.69, 9.17) is 0 Å². The molecule has 0 saturated carbocycles. The van der Waals surface area contributed by atoms with E-state index < -0.39 is 0 Å². The molecule has 0 unspecified atom stereocenters. The molecule has 0 aromatic heterocycles. The van der Waals surface area contributed by atoms with E-state index in [1.807, 2.05) is 0 Å². The number of β-amino-alcohol motifs (C(OH)–C–C–N with tert-alkyl or cyclic N) is 1. The summed E-state index contributed by atoms with van der Waals surface area (Å²) in [6.45, 7) is 6.07. The van der Waals surface area contributed by atoms with Crippen molar-refractivity contribution >= 4 is 0 Å². The molecule has 0 aliphatic carbocycles. The molecule has 1 aliphatic heterocycles. The molecule has 0 amide bonds. The summed E-state index contributed by atoms with van der Waals surface area (Å²) in [6, 6.07) is 0. The van der Waals surface area contributed by atoms with E-state index in [1.165, 1.54) is 0 Å². The van der Waals surface area contributed by atoms with Crippen LogP contribution in [0.4, 0.5) is 0 Å². The highest BCUT2D eigenvalue weighted by atomic mass is 16.3. The summed E-state index contributed by atoms with van der Waals surface area (Å²) in [5.41, 5.74) is 0. The van der Waals surface area contributed by atoms with E-state index >= 15 is 0 Å². The predicted octanol–water partition coefficient (Wildman–Crippen LogP) is 0.223. The van der Waals surface area contributed by atoms with Crippen LogP contribution in [0.15, 0.2) is 0 Å². The van der Waals surface area contributed by atoms with Crippen molar-refractivity contribution in [2.75, 3.05) is 13.1 Å². The first-order valence-corrected chi connectivity index (χ1v) is 3.60. The Bertz CT molecular complexity index is 92.9. The highest BCUT2D eigenvalue weighted by Gasteiger charge is 2.26. The fourth-order valence-electron chi connectivity index (χ4n) is 1.37. The second kappa shape index (κ2) is 2.67. The van der Waals surface area contributed by atoms with Crippen molar-refractivity contribution < 1.29 is 5.11 Å². The summed E-state index contributed by atoms with van der Waals surface area (Å²) in [5.74, 6) is 1.08. The molecule has 2 atom stereocenters. The predicted molar refractivity (Wildman–Crippen MR) is 37.2 cm³/mol. The Morgan fingerprint density at radius 2 is 2.11 bits per heavy atom. The third-order valence-corrected chi connectivity index (χ3v) is 2.08. The van der Waals surface area contributed by atoms with Crippen LogP contribution >= 0.6 is 0 Å². The first-order valence-electron chi connectivity index (χ1n) is 3.60. The zero-order valence-corrected chi connectivity index (χ0v) is 6.09. The van der Waals surface area contributed by atoms with Crippen LogP contribution in [0.5, 0.6) is 0 Å². The van der Waals surface area contributed by atoms with Crippen molar-refractivity contribution in [2.24, 2.45) is 11.8 Å². The molecule has 2 nitrogen and oxygen atoms in total. The zero-order valence-electron chi connectivity index (χ0n) is 6.09. The van der Waals surface area contributed by atoms with Gasteiger partial charge in [-0.05, 0) is 5.92 Å². The largest absolute Gasteiger partial charge is 0.391 e. The van der Waals surface area contributed by atoms with Gasteiger partial charge in [0.25, 0.3) is 0 Å². The minimum atomic E-state index is -0.106. The van der Waals surface area contributed by atoms with Crippen molar-refractivity contribution in [3.05, 3.63) is 0 Å². The van der Waals surface area contributed by atoms with E-state index in [9.17, 15) is 5.11 Å². The standard InChI is InChI=1S/C7H15NO/c1-5(2)6-3-8-4-7(6)9/h5-9H,3-4H2,1-2H3/t6-,7+/m0/s1. The average molecular weight is 129 g/mol. The van der Waals surface area contributed by atoms with Crippen molar-refractivity contribution in [2.45, 2.75) is 20.0 Å². The first kappa shape index (κ1) is 7.03. The molecule has 1 rings (SSSR count). The highest BCUT2D eigenvalue weighted by Crippen LogP contribution is 2.17. The zero-order chi connectivity index (χ0) is 6.85. The Morgan fingerprint density at radius 3 is 2.33 bits per heavy atom. The fraction of sp³-hybridized carbons (Fsp3) is 1.00. The molecule has 1 fully saturated rings. The van der Waals surface area contributed by atoms with E-state index in [0.717, 1.165) is 13.1 Å². The molecule has 0 radical (unpaired) electrons. The van der Waals surface area contributed by atoms with Crippen LogP contribution < -0.4 is 5.32 Å². The molecule has 0 aromatic carbocycles. The molecule has 1 aliphatic rings. The third kappa shape index (κ3) is 1.43. The molecule has 2 N–H and O–H groups in total. The summed E-state index contributed by atoms with van der Waals surface area (Å²) in [6.07, 6.45) is -0.106. The van der Waals surface area contributed by atoms with Crippen LogP contribution in [0.2, 0.25) is 0 Å². The quantitative estimate of drug-likeness (QED) is 0.531. The van der Waals surface area contributed by atoms with Crippen LogP contribution in [-0.2, 0) is 0 Å². The summed E-state index contributed by atoms with van der Waals surface area (Å²) < 4.78 is 0. The topological polar surface area (TPSA) is 32.3 Å². The lowest BCUT2D eigenvalue weighted by molar-refractivity contribution is 0.123. The Labute approximate surface area is 56.3 Å². The van der Waals surface area contributed by atoms with E-state index in [2.05, 4.69) is 19.2 Å². The van der Waals surface area contributed by atoms with Gasteiger partial charge in [-0.25, -0.2) is 0 Å². The van der Waals surface area contributed by atoms with Gasteiger partial charge in [-0.15, -0.1) is 0 Å². The van der Waals surface area contributed by atoms with Crippen molar-refractivity contribution in [3.8, 4) is 0 Å². The smallest absolute Gasteiger partial charge is 0.0707 e. The fourth-order valence-corrected chi connectivity index (χ4v) is 1.37. The van der Waals surface area contributed by atoms with Gasteiger partial charge in [-0.3, -0.25) is 0 Å². The first-order chi connectivity index (χ1) is 4.22. The molecule has 0 aromatic rings. The van der Waals surface area contributed by atoms with Gasteiger partial charge >= 0.3 is 0 Å². The Morgan fingerprint density at radius 1 is 1.44 bits per heavy atom. The molecule has 0 bridgehead atoms. The minimum absolute atomic E-state index is 0.106. The number of aliphatic hydroxyl groups excluding tert-OH is 1. The number of hydrogen-bond donors (Lipinski definition) is 2. The molecule has 54 valence electrons. The van der Waals surface area contributed by atoms with Gasteiger partial charge in [0.15, 0.2) is 0 Å². The lowest BCUT2D eigenvalue weighted by Crippen LogP contribution is -2.22. The molecule has 9 heavy (non-hydrogen) atoms. The third-order valence-electron chi connectivity index (χ3n) is 2.08. The number of hydrogen-bond acceptors (Lipinski definition) is 2. The molecule has 1 heterocycles. The van der Waals surface area contributed by atoms with Crippen molar-refractivity contribution in [1.29, 1.82) is 0 Å². The SMILES string of the molecule is CC(C)[C@@H]1CNC[C@H]1O.